The van der Waals surface area contributed by atoms with Crippen LogP contribution in [0, 0.1) is 18.3 Å². The molecular weight excluding hydrogens is 260 g/mol. The zero-order valence-corrected chi connectivity index (χ0v) is 12.3. The van der Waals surface area contributed by atoms with E-state index >= 15 is 0 Å². The normalized spacial score (nSPS) is 10.1. The van der Waals surface area contributed by atoms with E-state index in [1.54, 1.807) is 6.07 Å². The van der Waals surface area contributed by atoms with Crippen molar-refractivity contribution >= 4 is 0 Å². The average molecular weight is 280 g/mol. The highest BCUT2D eigenvalue weighted by molar-refractivity contribution is 5.41. The molecule has 3 heteroatoms. The van der Waals surface area contributed by atoms with Gasteiger partial charge in [0.25, 0.3) is 0 Å². The van der Waals surface area contributed by atoms with Crippen molar-refractivity contribution in [2.45, 2.75) is 19.9 Å². The van der Waals surface area contributed by atoms with E-state index < -0.39 is 0 Å². The molecule has 2 aromatic carbocycles. The molecule has 0 aromatic heterocycles. The standard InChI is InChI=1S/C18H20N2O/c1-15-12-18(9-8-17(15)13-19)21-11-5-10-20-14-16-6-3-2-4-7-16/h2-4,6-9,12,20H,5,10-11,14H2,1H3. The van der Waals surface area contributed by atoms with Crippen LogP contribution < -0.4 is 10.1 Å². The molecule has 0 amide bonds. The molecule has 0 radical (unpaired) electrons. The maximum absolute atomic E-state index is 8.88. The Kier molecular flexibility index (Phi) is 5.81. The van der Waals surface area contributed by atoms with Crippen LogP contribution in [0.15, 0.2) is 48.5 Å². The van der Waals surface area contributed by atoms with Crippen molar-refractivity contribution in [1.29, 1.82) is 5.26 Å². The molecule has 0 fully saturated rings. The topological polar surface area (TPSA) is 45.0 Å². The second-order valence-corrected chi connectivity index (χ2v) is 4.95. The lowest BCUT2D eigenvalue weighted by Crippen LogP contribution is -2.16. The van der Waals surface area contributed by atoms with Crippen molar-refractivity contribution in [3.05, 3.63) is 65.2 Å². The first-order valence-electron chi connectivity index (χ1n) is 7.18. The number of hydrogen-bond donors (Lipinski definition) is 1. The molecule has 2 aromatic rings. The van der Waals surface area contributed by atoms with Crippen molar-refractivity contribution in [2.24, 2.45) is 0 Å². The van der Waals surface area contributed by atoms with Crippen molar-refractivity contribution in [3.63, 3.8) is 0 Å². The SMILES string of the molecule is Cc1cc(OCCCNCc2ccccc2)ccc1C#N. The lowest BCUT2D eigenvalue weighted by Gasteiger charge is -2.08. The monoisotopic (exact) mass is 280 g/mol. The number of rotatable bonds is 7. The van der Waals surface area contributed by atoms with Gasteiger partial charge in [0.2, 0.25) is 0 Å². The van der Waals surface area contributed by atoms with Crippen molar-refractivity contribution < 1.29 is 4.74 Å². The highest BCUT2D eigenvalue weighted by atomic mass is 16.5. The molecule has 0 saturated heterocycles. The smallest absolute Gasteiger partial charge is 0.119 e. The molecule has 3 nitrogen and oxygen atoms in total. The van der Waals surface area contributed by atoms with Gasteiger partial charge in [0.15, 0.2) is 0 Å². The summed E-state index contributed by atoms with van der Waals surface area (Å²) in [6.07, 6.45) is 0.950. The van der Waals surface area contributed by atoms with E-state index in [2.05, 4.69) is 23.5 Å². The summed E-state index contributed by atoms with van der Waals surface area (Å²) in [6, 6.07) is 18.1. The largest absolute Gasteiger partial charge is 0.494 e. The van der Waals surface area contributed by atoms with Crippen LogP contribution in [-0.2, 0) is 6.54 Å². The number of nitriles is 1. The Morgan fingerprint density at radius 2 is 1.95 bits per heavy atom. The highest BCUT2D eigenvalue weighted by Gasteiger charge is 2.00. The van der Waals surface area contributed by atoms with Crippen LogP contribution in [0.25, 0.3) is 0 Å². The Bertz CT molecular complexity index is 602. The van der Waals surface area contributed by atoms with E-state index in [9.17, 15) is 0 Å². The first-order valence-corrected chi connectivity index (χ1v) is 7.18. The lowest BCUT2D eigenvalue weighted by molar-refractivity contribution is 0.308. The predicted molar refractivity (Wildman–Crippen MR) is 84.2 cm³/mol. The first kappa shape index (κ1) is 15.1. The maximum atomic E-state index is 8.88. The summed E-state index contributed by atoms with van der Waals surface area (Å²) < 4.78 is 5.69. The number of aryl methyl sites for hydroxylation is 1. The van der Waals surface area contributed by atoms with E-state index in [1.807, 2.05) is 37.3 Å². The Labute approximate surface area is 126 Å². The Morgan fingerprint density at radius 3 is 2.67 bits per heavy atom. The second kappa shape index (κ2) is 8.08. The summed E-state index contributed by atoms with van der Waals surface area (Å²) in [5.41, 5.74) is 2.95. The van der Waals surface area contributed by atoms with Crippen LogP contribution >= 0.6 is 0 Å². The number of benzene rings is 2. The third kappa shape index (κ3) is 4.94. The van der Waals surface area contributed by atoms with Gasteiger partial charge in [-0.2, -0.15) is 5.26 Å². The third-order valence-electron chi connectivity index (χ3n) is 3.26. The van der Waals surface area contributed by atoms with Gasteiger partial charge in [0, 0.05) is 6.54 Å². The van der Waals surface area contributed by atoms with Gasteiger partial charge < -0.3 is 10.1 Å². The van der Waals surface area contributed by atoms with E-state index in [0.29, 0.717) is 12.2 Å². The molecule has 21 heavy (non-hydrogen) atoms. The molecule has 0 atom stereocenters. The summed E-state index contributed by atoms with van der Waals surface area (Å²) in [5.74, 6) is 0.828. The molecule has 2 rings (SSSR count). The summed E-state index contributed by atoms with van der Waals surface area (Å²) in [7, 11) is 0. The summed E-state index contributed by atoms with van der Waals surface area (Å²) in [6.45, 7) is 4.40. The second-order valence-electron chi connectivity index (χ2n) is 4.95. The Balaban J connectivity index is 1.64. The van der Waals surface area contributed by atoms with Gasteiger partial charge >= 0.3 is 0 Å². The zero-order chi connectivity index (χ0) is 14.9. The Morgan fingerprint density at radius 1 is 1.14 bits per heavy atom. The molecular formula is C18H20N2O. The van der Waals surface area contributed by atoms with Crippen LogP contribution in [0.3, 0.4) is 0 Å². The lowest BCUT2D eigenvalue weighted by atomic mass is 10.1. The Hall–Kier alpha value is -2.31. The van der Waals surface area contributed by atoms with E-state index in [4.69, 9.17) is 10.00 Å². The molecule has 0 spiro atoms. The summed E-state index contributed by atoms with van der Waals surface area (Å²) in [4.78, 5) is 0. The molecule has 0 aliphatic rings. The van der Waals surface area contributed by atoms with E-state index in [1.165, 1.54) is 5.56 Å². The molecule has 0 aliphatic heterocycles. The minimum Gasteiger partial charge on any atom is -0.494 e. The minimum absolute atomic E-state index is 0.674. The molecule has 0 unspecified atom stereocenters. The molecule has 0 bridgehead atoms. The van der Waals surface area contributed by atoms with Gasteiger partial charge in [-0.1, -0.05) is 30.3 Å². The number of hydrogen-bond acceptors (Lipinski definition) is 3. The number of nitrogens with one attached hydrogen (secondary N) is 1. The predicted octanol–water partition coefficient (Wildman–Crippen LogP) is 3.43. The van der Waals surface area contributed by atoms with Gasteiger partial charge in [0.05, 0.1) is 18.2 Å². The van der Waals surface area contributed by atoms with Crippen LogP contribution in [0.1, 0.15) is 23.1 Å². The zero-order valence-electron chi connectivity index (χ0n) is 12.3. The van der Waals surface area contributed by atoms with Crippen molar-refractivity contribution in [3.8, 4) is 11.8 Å². The van der Waals surface area contributed by atoms with Crippen LogP contribution in [-0.4, -0.2) is 13.2 Å². The molecule has 1 N–H and O–H groups in total. The minimum atomic E-state index is 0.674. The van der Waals surface area contributed by atoms with Gasteiger partial charge in [-0.05, 0) is 49.2 Å². The third-order valence-corrected chi connectivity index (χ3v) is 3.26. The summed E-state index contributed by atoms with van der Waals surface area (Å²) in [5, 5.41) is 12.3. The fraction of sp³-hybridized carbons (Fsp3) is 0.278. The fourth-order valence-corrected chi connectivity index (χ4v) is 2.07. The quantitative estimate of drug-likeness (QED) is 0.790. The van der Waals surface area contributed by atoms with Crippen molar-refractivity contribution in [2.75, 3.05) is 13.2 Å². The molecule has 108 valence electrons. The van der Waals surface area contributed by atoms with Gasteiger partial charge in [0.1, 0.15) is 5.75 Å². The van der Waals surface area contributed by atoms with Crippen LogP contribution in [0.5, 0.6) is 5.75 Å². The first-order chi connectivity index (χ1) is 10.3. The number of ether oxygens (including phenoxy) is 1. The molecule has 0 saturated carbocycles. The van der Waals surface area contributed by atoms with Crippen LogP contribution in [0.2, 0.25) is 0 Å². The van der Waals surface area contributed by atoms with Gasteiger partial charge in [-0.15, -0.1) is 0 Å². The van der Waals surface area contributed by atoms with Crippen LogP contribution in [0.4, 0.5) is 0 Å². The maximum Gasteiger partial charge on any atom is 0.119 e. The van der Waals surface area contributed by atoms with Gasteiger partial charge in [-0.3, -0.25) is 0 Å². The molecule has 0 aliphatic carbocycles. The summed E-state index contributed by atoms with van der Waals surface area (Å²) >= 11 is 0. The van der Waals surface area contributed by atoms with Crippen molar-refractivity contribution in [1.82, 2.24) is 5.32 Å². The van der Waals surface area contributed by atoms with E-state index in [0.717, 1.165) is 30.8 Å². The van der Waals surface area contributed by atoms with E-state index in [-0.39, 0.29) is 0 Å². The molecule has 0 heterocycles. The fourth-order valence-electron chi connectivity index (χ4n) is 2.07. The number of nitrogens with zero attached hydrogens (tertiary/aromatic N) is 1. The highest BCUT2D eigenvalue weighted by Crippen LogP contribution is 2.16. The van der Waals surface area contributed by atoms with Gasteiger partial charge in [-0.25, -0.2) is 0 Å². The average Bonchev–Trinajstić information content (AvgIpc) is 2.52.